The number of nitrogens with one attached hydrogen (secondary N) is 1. The van der Waals surface area contributed by atoms with Gasteiger partial charge in [-0.05, 0) is 0 Å². The van der Waals surface area contributed by atoms with Crippen molar-refractivity contribution in [3.63, 3.8) is 0 Å². The summed E-state index contributed by atoms with van der Waals surface area (Å²) in [6.45, 7) is 1.32. The van der Waals surface area contributed by atoms with Crippen LogP contribution in [0.25, 0.3) is 0 Å². The molecule has 0 saturated heterocycles. The van der Waals surface area contributed by atoms with Crippen molar-refractivity contribution in [2.75, 3.05) is 5.32 Å². The normalized spacial score (nSPS) is 9.42. The third-order valence-electron chi connectivity index (χ3n) is 0.996. The first-order valence-electron chi connectivity index (χ1n) is 3.04. The highest BCUT2D eigenvalue weighted by molar-refractivity contribution is 7.14. The Kier molecular flexibility index (Phi) is 2.39. The van der Waals surface area contributed by atoms with E-state index in [1.807, 2.05) is 0 Å². The zero-order valence-electron chi connectivity index (χ0n) is 6.16. The molecular formula is C6H5N2O3S-. The van der Waals surface area contributed by atoms with Crippen LogP contribution in [0.15, 0.2) is 5.38 Å². The number of hydrogen-bond acceptors (Lipinski definition) is 5. The van der Waals surface area contributed by atoms with Crippen molar-refractivity contribution in [1.29, 1.82) is 0 Å². The molecule has 0 aliphatic carbocycles. The first-order valence-corrected chi connectivity index (χ1v) is 3.92. The summed E-state index contributed by atoms with van der Waals surface area (Å²) in [5.41, 5.74) is -0.163. The number of carbonyl (C=O) groups is 2. The summed E-state index contributed by atoms with van der Waals surface area (Å²) in [5, 5.41) is 14.1. The summed E-state index contributed by atoms with van der Waals surface area (Å²) < 4.78 is 0. The van der Waals surface area contributed by atoms with Gasteiger partial charge in [0.25, 0.3) is 0 Å². The lowest BCUT2D eigenvalue weighted by Crippen LogP contribution is -2.22. The van der Waals surface area contributed by atoms with Crippen molar-refractivity contribution in [3.05, 3.63) is 11.1 Å². The van der Waals surface area contributed by atoms with Gasteiger partial charge < -0.3 is 15.2 Å². The largest absolute Gasteiger partial charge is 0.543 e. The average molecular weight is 185 g/mol. The van der Waals surface area contributed by atoms with E-state index in [0.717, 1.165) is 11.3 Å². The van der Waals surface area contributed by atoms with Crippen LogP contribution in [0, 0.1) is 0 Å². The van der Waals surface area contributed by atoms with E-state index >= 15 is 0 Å². The average Bonchev–Trinajstić information content (AvgIpc) is 2.34. The Balaban J connectivity index is 2.77. The highest BCUT2D eigenvalue weighted by Gasteiger charge is 2.02. The summed E-state index contributed by atoms with van der Waals surface area (Å²) in [7, 11) is 0. The van der Waals surface area contributed by atoms with Crippen LogP contribution in [0.4, 0.5) is 5.13 Å². The molecule has 1 N–H and O–H groups in total. The van der Waals surface area contributed by atoms with E-state index in [0.29, 0.717) is 0 Å². The molecule has 12 heavy (non-hydrogen) atoms. The number of amides is 1. The predicted molar refractivity (Wildman–Crippen MR) is 40.7 cm³/mol. The lowest BCUT2D eigenvalue weighted by Gasteiger charge is -1.94. The van der Waals surface area contributed by atoms with Crippen LogP contribution in [0.1, 0.15) is 17.4 Å². The maximum atomic E-state index is 10.5. The molecule has 0 unspecified atom stereocenters. The molecule has 64 valence electrons. The van der Waals surface area contributed by atoms with Gasteiger partial charge in [-0.2, -0.15) is 0 Å². The van der Waals surface area contributed by atoms with Gasteiger partial charge in [0.15, 0.2) is 5.13 Å². The number of aromatic carboxylic acids is 1. The monoisotopic (exact) mass is 185 g/mol. The molecule has 0 atom stereocenters. The van der Waals surface area contributed by atoms with E-state index in [2.05, 4.69) is 10.3 Å². The van der Waals surface area contributed by atoms with Crippen LogP contribution in [-0.4, -0.2) is 16.9 Å². The Morgan fingerprint density at radius 2 is 2.33 bits per heavy atom. The maximum Gasteiger partial charge on any atom is 0.223 e. The van der Waals surface area contributed by atoms with Crippen molar-refractivity contribution in [3.8, 4) is 0 Å². The third kappa shape index (κ3) is 2.03. The molecular weight excluding hydrogens is 180 g/mol. The SMILES string of the molecule is CC(=O)Nc1nc(C(=O)[O-])cs1. The maximum absolute atomic E-state index is 10.5. The molecule has 0 bridgehead atoms. The fourth-order valence-corrected chi connectivity index (χ4v) is 1.30. The Bertz CT molecular complexity index is 320. The molecule has 6 heteroatoms. The topological polar surface area (TPSA) is 82.1 Å². The quantitative estimate of drug-likeness (QED) is 0.671. The zero-order chi connectivity index (χ0) is 9.14. The molecule has 1 rings (SSSR count). The Labute approximate surface area is 72.1 Å². The predicted octanol–water partition coefficient (Wildman–Crippen LogP) is -0.535. The molecule has 1 aromatic heterocycles. The highest BCUT2D eigenvalue weighted by atomic mass is 32.1. The summed E-state index contributed by atoms with van der Waals surface area (Å²) in [6, 6.07) is 0. The molecule has 5 nitrogen and oxygen atoms in total. The zero-order valence-corrected chi connectivity index (χ0v) is 6.97. The fraction of sp³-hybridized carbons (Fsp3) is 0.167. The van der Waals surface area contributed by atoms with Crippen LogP contribution < -0.4 is 10.4 Å². The van der Waals surface area contributed by atoms with Crippen molar-refractivity contribution in [2.45, 2.75) is 6.92 Å². The van der Waals surface area contributed by atoms with E-state index in [-0.39, 0.29) is 16.7 Å². The van der Waals surface area contributed by atoms with Crippen molar-refractivity contribution in [1.82, 2.24) is 4.98 Å². The number of aromatic nitrogens is 1. The smallest absolute Gasteiger partial charge is 0.223 e. The number of hydrogen-bond donors (Lipinski definition) is 1. The molecule has 0 aliphatic rings. The van der Waals surface area contributed by atoms with Crippen molar-refractivity contribution in [2.24, 2.45) is 0 Å². The lowest BCUT2D eigenvalue weighted by molar-refractivity contribution is -0.255. The second-order valence-electron chi connectivity index (χ2n) is 2.01. The van der Waals surface area contributed by atoms with Gasteiger partial charge in [-0.15, -0.1) is 11.3 Å². The number of rotatable bonds is 2. The van der Waals surface area contributed by atoms with Gasteiger partial charge in [0.1, 0.15) is 0 Å². The third-order valence-corrected chi connectivity index (χ3v) is 1.75. The van der Waals surface area contributed by atoms with E-state index in [9.17, 15) is 14.7 Å². The van der Waals surface area contributed by atoms with Crippen molar-refractivity contribution >= 4 is 28.3 Å². The van der Waals surface area contributed by atoms with E-state index in [1.54, 1.807) is 0 Å². The standard InChI is InChI=1S/C6H6N2O3S/c1-3(9)7-6-8-4(2-12-6)5(10)11/h2H,1H3,(H,10,11)(H,7,8,9)/p-1. The van der Waals surface area contributed by atoms with Crippen LogP contribution >= 0.6 is 11.3 Å². The Hall–Kier alpha value is -1.43. The molecule has 1 amide bonds. The second-order valence-corrected chi connectivity index (χ2v) is 2.86. The first-order chi connectivity index (χ1) is 5.59. The van der Waals surface area contributed by atoms with E-state index < -0.39 is 5.97 Å². The number of carbonyl (C=O) groups excluding carboxylic acids is 2. The van der Waals surface area contributed by atoms with E-state index in [4.69, 9.17) is 0 Å². The number of anilines is 1. The molecule has 1 aromatic rings. The van der Waals surface area contributed by atoms with Gasteiger partial charge in [0.05, 0.1) is 11.7 Å². The molecule has 1 heterocycles. The summed E-state index contributed by atoms with van der Waals surface area (Å²) in [6.07, 6.45) is 0. The molecule has 0 aromatic carbocycles. The number of thiazole rings is 1. The molecule has 0 saturated carbocycles. The molecule has 0 radical (unpaired) electrons. The van der Waals surface area contributed by atoms with Crippen LogP contribution in [0.5, 0.6) is 0 Å². The van der Waals surface area contributed by atoms with Crippen LogP contribution in [0.3, 0.4) is 0 Å². The van der Waals surface area contributed by atoms with Gasteiger partial charge >= 0.3 is 0 Å². The van der Waals surface area contributed by atoms with Crippen LogP contribution in [-0.2, 0) is 4.79 Å². The fourth-order valence-electron chi connectivity index (χ4n) is 0.575. The minimum Gasteiger partial charge on any atom is -0.543 e. The van der Waals surface area contributed by atoms with Gasteiger partial charge in [-0.3, -0.25) is 4.79 Å². The second kappa shape index (κ2) is 3.31. The minimum atomic E-state index is -1.34. The lowest BCUT2D eigenvalue weighted by atomic mass is 10.5. The highest BCUT2D eigenvalue weighted by Crippen LogP contribution is 2.14. The molecule has 0 aliphatic heterocycles. The van der Waals surface area contributed by atoms with Gasteiger partial charge in [0, 0.05) is 12.3 Å². The van der Waals surface area contributed by atoms with E-state index in [1.165, 1.54) is 12.3 Å². The van der Waals surface area contributed by atoms with Crippen molar-refractivity contribution < 1.29 is 14.7 Å². The van der Waals surface area contributed by atoms with Crippen LogP contribution in [0.2, 0.25) is 0 Å². The van der Waals surface area contributed by atoms with Gasteiger partial charge in [-0.1, -0.05) is 0 Å². The van der Waals surface area contributed by atoms with Gasteiger partial charge in [0.2, 0.25) is 5.91 Å². The Morgan fingerprint density at radius 3 is 2.75 bits per heavy atom. The number of carboxylic acid groups (broad SMARTS) is 1. The minimum absolute atomic E-state index is 0.163. The molecule has 0 fully saturated rings. The summed E-state index contributed by atoms with van der Waals surface area (Å²) in [5.74, 6) is -1.63. The Morgan fingerprint density at radius 1 is 1.67 bits per heavy atom. The molecule has 0 spiro atoms. The number of nitrogens with zero attached hydrogens (tertiary/aromatic N) is 1. The number of carboxylic acids is 1. The first kappa shape index (κ1) is 8.66. The summed E-state index contributed by atoms with van der Waals surface area (Å²) >= 11 is 1.04. The van der Waals surface area contributed by atoms with Gasteiger partial charge in [-0.25, -0.2) is 4.98 Å². The summed E-state index contributed by atoms with van der Waals surface area (Å²) in [4.78, 5) is 24.3.